The van der Waals surface area contributed by atoms with Crippen LogP contribution in [0.4, 0.5) is 32.0 Å². The van der Waals surface area contributed by atoms with Gasteiger partial charge in [0.05, 0.1) is 31.6 Å². The van der Waals surface area contributed by atoms with E-state index in [4.69, 9.17) is 29.3 Å². The van der Waals surface area contributed by atoms with Crippen molar-refractivity contribution in [2.75, 3.05) is 44.4 Å². The number of carbonyl (C=O) groups is 3. The molecule has 2 N–H and O–H groups in total. The minimum Gasteiger partial charge on any atom is -0.475 e. The van der Waals surface area contributed by atoms with Gasteiger partial charge in [-0.25, -0.2) is 9.59 Å². The first kappa shape index (κ1) is 32.9. The Balaban J connectivity index is 0.000000333. The molecule has 0 bridgehead atoms. The number of amides is 1. The number of halogens is 6. The topological polar surface area (TPSA) is 130 Å². The van der Waals surface area contributed by atoms with Crippen molar-refractivity contribution < 1.29 is 60.4 Å². The number of aliphatic carboxylic acids is 2. The van der Waals surface area contributed by atoms with Crippen molar-refractivity contribution >= 4 is 34.9 Å². The molecule has 17 heteroatoms. The maximum Gasteiger partial charge on any atom is 0.490 e. The highest BCUT2D eigenvalue weighted by molar-refractivity contribution is 7.11. The standard InChI is InChI=1S/C19H23N3O3S.2C2HF3O2/c1-15-4-5-17(26-15)10-21-7-8-24-14-19(12-21)13-22(18(23)11-25-19)16-3-2-6-20-9-16;2*3-2(4,5)1(6)7/h2-6,9H,7-8,10-14H2,1H3;2*(H,6,7). The number of nitrogens with zero attached hydrogens (tertiary/aromatic N) is 3. The Kier molecular flexibility index (Phi) is 11.4. The van der Waals surface area contributed by atoms with Crippen LogP contribution in [-0.4, -0.2) is 95.4 Å². The molecule has 0 aromatic carbocycles. The Morgan fingerprint density at radius 3 is 2.20 bits per heavy atom. The lowest BCUT2D eigenvalue weighted by Gasteiger charge is -2.42. The normalized spacial score (nSPS) is 20.1. The van der Waals surface area contributed by atoms with E-state index < -0.39 is 29.9 Å². The fourth-order valence-corrected chi connectivity index (χ4v) is 4.49. The minimum absolute atomic E-state index is 0.0340. The molecule has 2 aromatic rings. The van der Waals surface area contributed by atoms with Gasteiger partial charge in [-0.1, -0.05) is 0 Å². The zero-order valence-electron chi connectivity index (χ0n) is 20.9. The molecule has 2 saturated heterocycles. The molecule has 1 spiro atoms. The van der Waals surface area contributed by atoms with E-state index in [0.29, 0.717) is 19.8 Å². The number of carbonyl (C=O) groups excluding carboxylic acids is 1. The van der Waals surface area contributed by atoms with E-state index >= 15 is 0 Å². The number of alkyl halides is 6. The molecular weight excluding hydrogens is 576 g/mol. The summed E-state index contributed by atoms with van der Waals surface area (Å²) in [7, 11) is 0. The second-order valence-electron chi connectivity index (χ2n) is 8.54. The molecule has 40 heavy (non-hydrogen) atoms. The Morgan fingerprint density at radius 2 is 1.70 bits per heavy atom. The summed E-state index contributed by atoms with van der Waals surface area (Å²) in [6.07, 6.45) is -6.73. The number of aryl methyl sites for hydroxylation is 1. The van der Waals surface area contributed by atoms with Gasteiger partial charge in [0.15, 0.2) is 0 Å². The summed E-state index contributed by atoms with van der Waals surface area (Å²) in [4.78, 5) is 41.2. The van der Waals surface area contributed by atoms with Gasteiger partial charge in [0.2, 0.25) is 0 Å². The molecule has 2 aliphatic rings. The average Bonchev–Trinajstić information content (AvgIpc) is 3.17. The van der Waals surface area contributed by atoms with E-state index in [1.54, 1.807) is 17.3 Å². The first-order chi connectivity index (χ1) is 18.5. The molecule has 222 valence electrons. The van der Waals surface area contributed by atoms with Crippen molar-refractivity contribution in [3.05, 3.63) is 46.4 Å². The number of anilines is 1. The van der Waals surface area contributed by atoms with Crippen molar-refractivity contribution in [2.45, 2.75) is 31.4 Å². The van der Waals surface area contributed by atoms with Gasteiger partial charge in [0.1, 0.15) is 12.2 Å². The monoisotopic (exact) mass is 601 g/mol. The van der Waals surface area contributed by atoms with Gasteiger partial charge in [-0.05, 0) is 31.2 Å². The Bertz CT molecular complexity index is 1120. The van der Waals surface area contributed by atoms with Crippen LogP contribution in [0.25, 0.3) is 0 Å². The van der Waals surface area contributed by atoms with E-state index in [1.165, 1.54) is 9.75 Å². The lowest BCUT2D eigenvalue weighted by Crippen LogP contribution is -2.60. The number of hydrogen-bond donors (Lipinski definition) is 2. The van der Waals surface area contributed by atoms with E-state index in [9.17, 15) is 31.1 Å². The summed E-state index contributed by atoms with van der Waals surface area (Å²) >= 11 is 1.82. The van der Waals surface area contributed by atoms with Crippen molar-refractivity contribution in [3.8, 4) is 0 Å². The molecule has 10 nitrogen and oxygen atoms in total. The van der Waals surface area contributed by atoms with Crippen LogP contribution in [0.3, 0.4) is 0 Å². The summed E-state index contributed by atoms with van der Waals surface area (Å²) in [5.74, 6) is -5.55. The third kappa shape index (κ3) is 10.4. The number of thiophene rings is 1. The smallest absolute Gasteiger partial charge is 0.475 e. The molecule has 2 fully saturated rings. The van der Waals surface area contributed by atoms with Crippen LogP contribution in [0.5, 0.6) is 0 Å². The van der Waals surface area contributed by atoms with Crippen LogP contribution in [0, 0.1) is 6.92 Å². The maximum atomic E-state index is 12.4. The molecule has 2 aromatic heterocycles. The zero-order valence-corrected chi connectivity index (χ0v) is 21.7. The lowest BCUT2D eigenvalue weighted by atomic mass is 10.0. The fourth-order valence-electron chi connectivity index (χ4n) is 3.56. The van der Waals surface area contributed by atoms with Gasteiger partial charge in [-0.2, -0.15) is 26.3 Å². The number of aromatic nitrogens is 1. The number of rotatable bonds is 3. The number of carboxylic acids is 2. The highest BCUT2D eigenvalue weighted by atomic mass is 32.1. The SMILES string of the molecule is Cc1ccc(CN2CCOCC3(C2)CN(c2cccnc2)C(=O)CO3)s1.O=C(O)C(F)(F)F.O=C(O)C(F)(F)F. The Labute approximate surface area is 227 Å². The van der Waals surface area contributed by atoms with Crippen LogP contribution >= 0.6 is 11.3 Å². The van der Waals surface area contributed by atoms with Gasteiger partial charge >= 0.3 is 24.3 Å². The molecular formula is C23H25F6N3O7S. The fraction of sp³-hybridized carbons (Fsp3) is 0.478. The molecule has 1 unspecified atom stereocenters. The predicted molar refractivity (Wildman–Crippen MR) is 128 cm³/mol. The summed E-state index contributed by atoms with van der Waals surface area (Å²) in [6.45, 7) is 6.35. The van der Waals surface area contributed by atoms with Gasteiger partial charge in [-0.3, -0.25) is 14.7 Å². The van der Waals surface area contributed by atoms with Crippen molar-refractivity contribution in [3.63, 3.8) is 0 Å². The molecule has 2 aliphatic heterocycles. The van der Waals surface area contributed by atoms with Crippen LogP contribution in [-0.2, 0) is 30.4 Å². The Hall–Kier alpha value is -3.28. The van der Waals surface area contributed by atoms with E-state index in [2.05, 4.69) is 28.9 Å². The van der Waals surface area contributed by atoms with E-state index in [0.717, 1.165) is 25.3 Å². The van der Waals surface area contributed by atoms with E-state index in [1.807, 2.05) is 23.5 Å². The van der Waals surface area contributed by atoms with Crippen molar-refractivity contribution in [2.24, 2.45) is 0 Å². The third-order valence-corrected chi connectivity index (χ3v) is 6.28. The summed E-state index contributed by atoms with van der Waals surface area (Å²) in [5, 5.41) is 14.2. The van der Waals surface area contributed by atoms with Crippen LogP contribution in [0.2, 0.25) is 0 Å². The lowest BCUT2D eigenvalue weighted by molar-refractivity contribution is -0.193. The molecule has 4 heterocycles. The van der Waals surface area contributed by atoms with E-state index in [-0.39, 0.29) is 12.5 Å². The molecule has 0 saturated carbocycles. The molecule has 0 aliphatic carbocycles. The van der Waals surface area contributed by atoms with Gasteiger partial charge in [-0.15, -0.1) is 11.3 Å². The van der Waals surface area contributed by atoms with Gasteiger partial charge in [0, 0.05) is 35.6 Å². The third-order valence-electron chi connectivity index (χ3n) is 5.30. The highest BCUT2D eigenvalue weighted by Gasteiger charge is 2.43. The number of carboxylic acid groups (broad SMARTS) is 2. The quantitative estimate of drug-likeness (QED) is 0.509. The summed E-state index contributed by atoms with van der Waals surface area (Å²) in [6, 6.07) is 8.10. The maximum absolute atomic E-state index is 12.4. The minimum atomic E-state index is -5.08. The largest absolute Gasteiger partial charge is 0.490 e. The molecule has 4 rings (SSSR count). The highest BCUT2D eigenvalue weighted by Crippen LogP contribution is 2.28. The number of hydrogen-bond acceptors (Lipinski definition) is 8. The van der Waals surface area contributed by atoms with Crippen LogP contribution in [0.1, 0.15) is 9.75 Å². The second kappa shape index (κ2) is 13.9. The molecule has 0 radical (unpaired) electrons. The average molecular weight is 602 g/mol. The van der Waals surface area contributed by atoms with Crippen molar-refractivity contribution in [1.82, 2.24) is 9.88 Å². The first-order valence-corrected chi connectivity index (χ1v) is 12.1. The zero-order chi connectivity index (χ0) is 30.1. The predicted octanol–water partition coefficient (Wildman–Crippen LogP) is 3.35. The molecule has 1 atom stereocenters. The second-order valence-corrected chi connectivity index (χ2v) is 9.92. The first-order valence-electron chi connectivity index (χ1n) is 11.3. The van der Waals surface area contributed by atoms with Gasteiger partial charge < -0.3 is 24.6 Å². The van der Waals surface area contributed by atoms with Crippen molar-refractivity contribution in [1.29, 1.82) is 0 Å². The van der Waals surface area contributed by atoms with Gasteiger partial charge in [0.25, 0.3) is 5.91 Å². The molecule has 1 amide bonds. The summed E-state index contributed by atoms with van der Waals surface area (Å²) in [5.41, 5.74) is 0.303. The number of morpholine rings is 1. The number of pyridine rings is 1. The van der Waals surface area contributed by atoms with Crippen LogP contribution < -0.4 is 4.90 Å². The Morgan fingerprint density at radius 1 is 1.07 bits per heavy atom. The number of ether oxygens (including phenoxy) is 2. The summed E-state index contributed by atoms with van der Waals surface area (Å²) < 4.78 is 75.4. The van der Waals surface area contributed by atoms with Crippen LogP contribution in [0.15, 0.2) is 36.7 Å².